The van der Waals surface area contributed by atoms with Crippen molar-refractivity contribution >= 4 is 33.4 Å². The summed E-state index contributed by atoms with van der Waals surface area (Å²) in [5, 5.41) is 2.74. The molecule has 2 aromatic carbocycles. The average molecular weight is 417 g/mol. The largest absolute Gasteiger partial charge is 0.468 e. The van der Waals surface area contributed by atoms with Crippen molar-refractivity contribution in [1.29, 1.82) is 0 Å². The van der Waals surface area contributed by atoms with Gasteiger partial charge in [-0.2, -0.15) is 11.8 Å². The maximum absolute atomic E-state index is 12.5. The molecule has 0 saturated carbocycles. The van der Waals surface area contributed by atoms with Crippen molar-refractivity contribution in [1.82, 2.24) is 4.72 Å². The summed E-state index contributed by atoms with van der Waals surface area (Å²) >= 11 is 1.71. The zero-order valence-corrected chi connectivity index (χ0v) is 16.8. The standard InChI is InChI=1S/C20H20N2O4S2/c1-27-14-15-7-9-16(10-8-15)20(23)22-17-4-2-6-19(12-17)28(24,25)21-13-18-5-3-11-26-18/h2-12,21H,13-14H2,1H3,(H,22,23). The summed E-state index contributed by atoms with van der Waals surface area (Å²) in [6.07, 6.45) is 3.50. The summed E-state index contributed by atoms with van der Waals surface area (Å²) in [5.74, 6) is 1.10. The minimum atomic E-state index is -3.73. The third-order valence-corrected chi connectivity index (χ3v) is 5.97. The summed E-state index contributed by atoms with van der Waals surface area (Å²) in [7, 11) is -3.73. The maximum Gasteiger partial charge on any atom is 0.255 e. The van der Waals surface area contributed by atoms with Crippen LogP contribution < -0.4 is 10.0 Å². The number of carbonyl (C=O) groups is 1. The smallest absolute Gasteiger partial charge is 0.255 e. The van der Waals surface area contributed by atoms with Gasteiger partial charge < -0.3 is 9.73 Å². The van der Waals surface area contributed by atoms with E-state index in [4.69, 9.17) is 4.42 Å². The van der Waals surface area contributed by atoms with Gasteiger partial charge in [0.05, 0.1) is 17.7 Å². The molecule has 0 bridgehead atoms. The van der Waals surface area contributed by atoms with Crippen LogP contribution in [0.5, 0.6) is 0 Å². The molecule has 1 amide bonds. The second-order valence-electron chi connectivity index (χ2n) is 6.02. The lowest BCUT2D eigenvalue weighted by Crippen LogP contribution is -2.23. The molecule has 28 heavy (non-hydrogen) atoms. The fourth-order valence-electron chi connectivity index (χ4n) is 2.53. The van der Waals surface area contributed by atoms with E-state index < -0.39 is 10.0 Å². The zero-order valence-electron chi connectivity index (χ0n) is 15.2. The molecule has 0 spiro atoms. The molecule has 146 valence electrons. The fourth-order valence-corrected chi connectivity index (χ4v) is 4.09. The Morgan fingerprint density at radius 3 is 2.54 bits per heavy atom. The van der Waals surface area contributed by atoms with Crippen LogP contribution in [0.1, 0.15) is 21.7 Å². The lowest BCUT2D eigenvalue weighted by Gasteiger charge is -2.09. The van der Waals surface area contributed by atoms with Crippen molar-refractivity contribution in [2.45, 2.75) is 17.2 Å². The van der Waals surface area contributed by atoms with Gasteiger partial charge in [0.2, 0.25) is 10.0 Å². The molecule has 0 aliphatic carbocycles. The van der Waals surface area contributed by atoms with Crippen LogP contribution in [-0.4, -0.2) is 20.6 Å². The van der Waals surface area contributed by atoms with Crippen LogP contribution in [0.4, 0.5) is 5.69 Å². The Morgan fingerprint density at radius 2 is 1.86 bits per heavy atom. The van der Waals surface area contributed by atoms with Crippen molar-refractivity contribution in [2.24, 2.45) is 0 Å². The van der Waals surface area contributed by atoms with Gasteiger partial charge in [-0.15, -0.1) is 0 Å². The van der Waals surface area contributed by atoms with Crippen molar-refractivity contribution in [3.63, 3.8) is 0 Å². The summed E-state index contributed by atoms with van der Waals surface area (Å²) in [6, 6.07) is 16.8. The van der Waals surface area contributed by atoms with Crippen LogP contribution in [0.15, 0.2) is 76.2 Å². The van der Waals surface area contributed by atoms with Gasteiger partial charge in [0.25, 0.3) is 5.91 Å². The van der Waals surface area contributed by atoms with E-state index in [-0.39, 0.29) is 17.3 Å². The van der Waals surface area contributed by atoms with Crippen LogP contribution in [0.2, 0.25) is 0 Å². The van der Waals surface area contributed by atoms with E-state index in [1.165, 1.54) is 18.4 Å². The Morgan fingerprint density at radius 1 is 1.07 bits per heavy atom. The van der Waals surface area contributed by atoms with Crippen molar-refractivity contribution in [3.8, 4) is 0 Å². The van der Waals surface area contributed by atoms with E-state index in [0.717, 1.165) is 11.3 Å². The molecule has 1 heterocycles. The highest BCUT2D eigenvalue weighted by Gasteiger charge is 2.15. The maximum atomic E-state index is 12.5. The van der Waals surface area contributed by atoms with E-state index in [1.807, 2.05) is 18.4 Å². The second kappa shape index (κ2) is 9.09. The number of amides is 1. The number of sulfonamides is 1. The highest BCUT2D eigenvalue weighted by molar-refractivity contribution is 7.97. The summed E-state index contributed by atoms with van der Waals surface area (Å²) in [5.41, 5.74) is 2.05. The van der Waals surface area contributed by atoms with Crippen molar-refractivity contribution in [2.75, 3.05) is 11.6 Å². The summed E-state index contributed by atoms with van der Waals surface area (Å²) < 4.78 is 32.5. The lowest BCUT2D eigenvalue weighted by molar-refractivity contribution is 0.102. The van der Waals surface area contributed by atoms with Crippen LogP contribution >= 0.6 is 11.8 Å². The Labute approximate surface area is 168 Å². The summed E-state index contributed by atoms with van der Waals surface area (Å²) in [4.78, 5) is 12.5. The Balaban J connectivity index is 1.69. The number of thioether (sulfide) groups is 1. The van der Waals surface area contributed by atoms with E-state index in [2.05, 4.69) is 10.0 Å². The monoisotopic (exact) mass is 416 g/mol. The number of carbonyl (C=O) groups excluding carboxylic acids is 1. The number of rotatable bonds is 8. The minimum absolute atomic E-state index is 0.0499. The molecule has 3 aromatic rings. The highest BCUT2D eigenvalue weighted by Crippen LogP contribution is 2.17. The molecule has 8 heteroatoms. The molecule has 0 atom stereocenters. The van der Waals surface area contributed by atoms with Gasteiger partial charge >= 0.3 is 0 Å². The van der Waals surface area contributed by atoms with E-state index in [0.29, 0.717) is 17.0 Å². The Hall–Kier alpha value is -2.55. The Kier molecular flexibility index (Phi) is 6.56. The number of benzene rings is 2. The first-order chi connectivity index (χ1) is 13.5. The van der Waals surface area contributed by atoms with Crippen LogP contribution in [0.25, 0.3) is 0 Å². The topological polar surface area (TPSA) is 88.4 Å². The quantitative estimate of drug-likeness (QED) is 0.582. The van der Waals surface area contributed by atoms with Gasteiger partial charge in [-0.3, -0.25) is 4.79 Å². The second-order valence-corrected chi connectivity index (χ2v) is 8.65. The molecule has 6 nitrogen and oxygen atoms in total. The normalized spacial score (nSPS) is 11.3. The third kappa shape index (κ3) is 5.25. The number of nitrogens with one attached hydrogen (secondary N) is 2. The first-order valence-electron chi connectivity index (χ1n) is 8.49. The molecule has 3 rings (SSSR count). The van der Waals surface area contributed by atoms with E-state index >= 15 is 0 Å². The van der Waals surface area contributed by atoms with E-state index in [1.54, 1.807) is 48.2 Å². The predicted octanol–water partition coefficient (Wildman–Crippen LogP) is 3.87. The van der Waals surface area contributed by atoms with Gasteiger partial charge in [-0.25, -0.2) is 13.1 Å². The summed E-state index contributed by atoms with van der Waals surface area (Å²) in [6.45, 7) is 0.0499. The highest BCUT2D eigenvalue weighted by atomic mass is 32.2. The molecular weight excluding hydrogens is 396 g/mol. The van der Waals surface area contributed by atoms with Gasteiger partial charge in [-0.05, 0) is 54.3 Å². The van der Waals surface area contributed by atoms with Crippen LogP contribution in [0.3, 0.4) is 0 Å². The molecular formula is C20H20N2O4S2. The minimum Gasteiger partial charge on any atom is -0.468 e. The molecule has 0 aliphatic rings. The molecule has 0 unspecified atom stereocenters. The van der Waals surface area contributed by atoms with Crippen molar-refractivity contribution in [3.05, 3.63) is 83.8 Å². The predicted molar refractivity (Wildman–Crippen MR) is 111 cm³/mol. The molecule has 1 aromatic heterocycles. The molecule has 0 aliphatic heterocycles. The van der Waals surface area contributed by atoms with Crippen molar-refractivity contribution < 1.29 is 17.6 Å². The molecule has 0 fully saturated rings. The third-order valence-electron chi connectivity index (χ3n) is 3.95. The first kappa shape index (κ1) is 20.2. The number of furan rings is 1. The van der Waals surface area contributed by atoms with Gasteiger partial charge in [0, 0.05) is 17.0 Å². The fraction of sp³-hybridized carbons (Fsp3) is 0.150. The first-order valence-corrected chi connectivity index (χ1v) is 11.4. The van der Waals surface area contributed by atoms with Gasteiger partial charge in [0.15, 0.2) is 0 Å². The zero-order chi connectivity index (χ0) is 20.0. The molecule has 0 radical (unpaired) electrons. The lowest BCUT2D eigenvalue weighted by atomic mass is 10.1. The van der Waals surface area contributed by atoms with Gasteiger partial charge in [0.1, 0.15) is 5.76 Å². The molecule has 2 N–H and O–H groups in total. The SMILES string of the molecule is CSCc1ccc(C(=O)Nc2cccc(S(=O)(=O)NCc3ccco3)c2)cc1. The average Bonchev–Trinajstić information content (AvgIpc) is 3.21. The number of hydrogen-bond acceptors (Lipinski definition) is 5. The number of hydrogen-bond donors (Lipinski definition) is 2. The number of anilines is 1. The van der Waals surface area contributed by atoms with E-state index in [9.17, 15) is 13.2 Å². The van der Waals surface area contributed by atoms with Gasteiger partial charge in [-0.1, -0.05) is 18.2 Å². The molecule has 0 saturated heterocycles. The van der Waals surface area contributed by atoms with Crippen LogP contribution in [0, 0.1) is 0 Å². The Bertz CT molecular complexity index is 1030. The van der Waals surface area contributed by atoms with Crippen LogP contribution in [-0.2, 0) is 22.3 Å².